The highest BCUT2D eigenvalue weighted by atomic mass is 35.5. The third-order valence-electron chi connectivity index (χ3n) is 1.87. The van der Waals surface area contributed by atoms with Gasteiger partial charge in [0.25, 0.3) is 0 Å². The fourth-order valence-electron chi connectivity index (χ4n) is 1.23. The molecule has 80 valence electrons. The van der Waals surface area contributed by atoms with Crippen LogP contribution < -0.4 is 5.32 Å². The van der Waals surface area contributed by atoms with E-state index in [9.17, 15) is 0 Å². The second-order valence-corrected chi connectivity index (χ2v) is 5.20. The number of ether oxygens (including phenoxy) is 1. The predicted octanol–water partition coefficient (Wildman–Crippen LogP) is 2.77. The molecular weight excluding hydrogens is 218 g/mol. The van der Waals surface area contributed by atoms with Crippen LogP contribution in [0.4, 0.5) is 0 Å². The van der Waals surface area contributed by atoms with Gasteiger partial charge in [0.2, 0.25) is 0 Å². The van der Waals surface area contributed by atoms with E-state index in [-0.39, 0.29) is 0 Å². The van der Waals surface area contributed by atoms with Gasteiger partial charge in [0.1, 0.15) is 0 Å². The standard InChI is InChI=1S/C10H16ClNOS/c1-8(7-13-2)5-12-6-9-3-4-10(11)14-9/h3-4,8,12H,5-7H2,1-2H3. The minimum absolute atomic E-state index is 0.551. The van der Waals surface area contributed by atoms with E-state index in [4.69, 9.17) is 16.3 Å². The molecule has 0 amide bonds. The second kappa shape index (κ2) is 6.40. The van der Waals surface area contributed by atoms with Crippen LogP contribution in [0.15, 0.2) is 12.1 Å². The molecule has 0 spiro atoms. The van der Waals surface area contributed by atoms with Crippen molar-refractivity contribution in [3.05, 3.63) is 21.3 Å². The van der Waals surface area contributed by atoms with Gasteiger partial charge in [-0.1, -0.05) is 18.5 Å². The maximum absolute atomic E-state index is 5.82. The topological polar surface area (TPSA) is 21.3 Å². The van der Waals surface area contributed by atoms with Crippen molar-refractivity contribution in [3.8, 4) is 0 Å². The Morgan fingerprint density at radius 1 is 1.57 bits per heavy atom. The van der Waals surface area contributed by atoms with E-state index in [0.29, 0.717) is 5.92 Å². The van der Waals surface area contributed by atoms with Crippen molar-refractivity contribution in [1.82, 2.24) is 5.32 Å². The monoisotopic (exact) mass is 233 g/mol. The Morgan fingerprint density at radius 2 is 2.36 bits per heavy atom. The molecular formula is C10H16ClNOS. The molecule has 2 nitrogen and oxygen atoms in total. The number of methoxy groups -OCH3 is 1. The van der Waals surface area contributed by atoms with Gasteiger partial charge in [0.05, 0.1) is 4.34 Å². The van der Waals surface area contributed by atoms with E-state index >= 15 is 0 Å². The summed E-state index contributed by atoms with van der Waals surface area (Å²) in [6.07, 6.45) is 0. The molecule has 0 aliphatic rings. The fourth-order valence-corrected chi connectivity index (χ4v) is 2.29. The third kappa shape index (κ3) is 4.42. The van der Waals surface area contributed by atoms with Gasteiger partial charge < -0.3 is 10.1 Å². The highest BCUT2D eigenvalue weighted by molar-refractivity contribution is 7.16. The molecule has 0 aromatic carbocycles. The molecule has 1 atom stereocenters. The minimum atomic E-state index is 0.551. The van der Waals surface area contributed by atoms with E-state index in [1.165, 1.54) is 4.88 Å². The number of nitrogens with one attached hydrogen (secondary N) is 1. The van der Waals surface area contributed by atoms with Crippen LogP contribution in [0.1, 0.15) is 11.8 Å². The molecule has 1 rings (SSSR count). The number of rotatable bonds is 6. The van der Waals surface area contributed by atoms with E-state index < -0.39 is 0 Å². The van der Waals surface area contributed by atoms with Gasteiger partial charge >= 0.3 is 0 Å². The zero-order chi connectivity index (χ0) is 10.4. The molecule has 0 bridgehead atoms. The average molecular weight is 234 g/mol. The first-order chi connectivity index (χ1) is 6.72. The Labute approximate surface area is 94.2 Å². The summed E-state index contributed by atoms with van der Waals surface area (Å²) in [4.78, 5) is 1.28. The zero-order valence-corrected chi connectivity index (χ0v) is 10.1. The Kier molecular flexibility index (Phi) is 5.48. The van der Waals surface area contributed by atoms with Crippen molar-refractivity contribution in [1.29, 1.82) is 0 Å². The molecule has 1 N–H and O–H groups in total. The lowest BCUT2D eigenvalue weighted by Gasteiger charge is -2.10. The third-order valence-corrected chi connectivity index (χ3v) is 3.10. The molecule has 0 saturated carbocycles. The summed E-state index contributed by atoms with van der Waals surface area (Å²) in [7, 11) is 1.73. The molecule has 1 aromatic rings. The molecule has 0 radical (unpaired) electrons. The SMILES string of the molecule is COCC(C)CNCc1ccc(Cl)s1. The first kappa shape index (κ1) is 12.0. The number of thiophene rings is 1. The summed E-state index contributed by atoms with van der Waals surface area (Å²) in [5.41, 5.74) is 0. The van der Waals surface area contributed by atoms with Gasteiger partial charge in [-0.2, -0.15) is 0 Å². The molecule has 0 aliphatic carbocycles. The van der Waals surface area contributed by atoms with Gasteiger partial charge in [-0.05, 0) is 18.1 Å². The van der Waals surface area contributed by atoms with Gasteiger partial charge in [0, 0.05) is 31.7 Å². The first-order valence-corrected chi connectivity index (χ1v) is 5.85. The van der Waals surface area contributed by atoms with Crippen LogP contribution in [0.3, 0.4) is 0 Å². The van der Waals surface area contributed by atoms with Crippen LogP contribution in [0.5, 0.6) is 0 Å². The largest absolute Gasteiger partial charge is 0.384 e. The van der Waals surface area contributed by atoms with Crippen LogP contribution >= 0.6 is 22.9 Å². The van der Waals surface area contributed by atoms with E-state index in [1.54, 1.807) is 18.4 Å². The van der Waals surface area contributed by atoms with Crippen LogP contribution in [-0.2, 0) is 11.3 Å². The number of halogens is 1. The van der Waals surface area contributed by atoms with Crippen molar-refractivity contribution in [3.63, 3.8) is 0 Å². The van der Waals surface area contributed by atoms with Crippen molar-refractivity contribution in [2.24, 2.45) is 5.92 Å². The lowest BCUT2D eigenvalue weighted by atomic mass is 10.2. The van der Waals surface area contributed by atoms with Crippen molar-refractivity contribution in [2.45, 2.75) is 13.5 Å². The number of hydrogen-bond acceptors (Lipinski definition) is 3. The normalized spacial score (nSPS) is 13.1. The van der Waals surface area contributed by atoms with Crippen LogP contribution in [0.25, 0.3) is 0 Å². The summed E-state index contributed by atoms with van der Waals surface area (Å²) < 4.78 is 5.91. The highest BCUT2D eigenvalue weighted by Crippen LogP contribution is 2.20. The highest BCUT2D eigenvalue weighted by Gasteiger charge is 2.01. The van der Waals surface area contributed by atoms with Gasteiger partial charge in [-0.25, -0.2) is 0 Å². The van der Waals surface area contributed by atoms with Gasteiger partial charge in [-0.15, -0.1) is 11.3 Å². The summed E-state index contributed by atoms with van der Waals surface area (Å²) in [6.45, 7) is 4.84. The molecule has 1 heterocycles. The van der Waals surface area contributed by atoms with E-state index in [1.807, 2.05) is 6.07 Å². The average Bonchev–Trinajstić information content (AvgIpc) is 2.52. The Bertz CT molecular complexity index is 264. The Hall–Kier alpha value is -0.0900. The maximum atomic E-state index is 5.82. The summed E-state index contributed by atoms with van der Waals surface area (Å²) in [5.74, 6) is 0.551. The van der Waals surface area contributed by atoms with Gasteiger partial charge in [-0.3, -0.25) is 0 Å². The van der Waals surface area contributed by atoms with Gasteiger partial charge in [0.15, 0.2) is 0 Å². The number of hydrogen-bond donors (Lipinski definition) is 1. The van der Waals surface area contributed by atoms with Crippen molar-refractivity contribution in [2.75, 3.05) is 20.3 Å². The molecule has 1 unspecified atom stereocenters. The van der Waals surface area contributed by atoms with Crippen molar-refractivity contribution >= 4 is 22.9 Å². The first-order valence-electron chi connectivity index (χ1n) is 4.66. The van der Waals surface area contributed by atoms with Crippen LogP contribution in [-0.4, -0.2) is 20.3 Å². The molecule has 0 fully saturated rings. The van der Waals surface area contributed by atoms with Crippen molar-refractivity contribution < 1.29 is 4.74 Å². The molecule has 0 saturated heterocycles. The van der Waals surface area contributed by atoms with Crippen LogP contribution in [0, 0.1) is 5.92 Å². The minimum Gasteiger partial charge on any atom is -0.384 e. The molecule has 0 aliphatic heterocycles. The van der Waals surface area contributed by atoms with E-state index in [2.05, 4.69) is 18.3 Å². The van der Waals surface area contributed by atoms with Crippen LogP contribution in [0.2, 0.25) is 4.34 Å². The predicted molar refractivity (Wildman–Crippen MR) is 62.1 cm³/mol. The maximum Gasteiger partial charge on any atom is 0.0931 e. The second-order valence-electron chi connectivity index (χ2n) is 3.40. The quantitative estimate of drug-likeness (QED) is 0.816. The molecule has 4 heteroatoms. The lowest BCUT2D eigenvalue weighted by molar-refractivity contribution is 0.158. The Balaban J connectivity index is 2.15. The zero-order valence-electron chi connectivity index (χ0n) is 8.55. The summed E-state index contributed by atoms with van der Waals surface area (Å²) in [5, 5.41) is 3.37. The lowest BCUT2D eigenvalue weighted by Crippen LogP contribution is -2.22. The van der Waals surface area contributed by atoms with E-state index in [0.717, 1.165) is 24.0 Å². The molecule has 1 aromatic heterocycles. The Morgan fingerprint density at radius 3 is 2.93 bits per heavy atom. The smallest absolute Gasteiger partial charge is 0.0931 e. The summed E-state index contributed by atoms with van der Waals surface area (Å²) >= 11 is 7.45. The fraction of sp³-hybridized carbons (Fsp3) is 0.600. The molecule has 14 heavy (non-hydrogen) atoms. The summed E-state index contributed by atoms with van der Waals surface area (Å²) in [6, 6.07) is 3.99.